The first kappa shape index (κ1) is 14.8. The second kappa shape index (κ2) is 5.43. The number of ether oxygens (including phenoxy) is 1. The normalized spacial score (nSPS) is 28.0. The smallest absolute Gasteiger partial charge is 0.309 e. The lowest BCUT2D eigenvalue weighted by atomic mass is 9.76. The molecule has 0 aromatic heterocycles. The maximum atomic E-state index is 12.4. The van der Waals surface area contributed by atoms with Crippen molar-refractivity contribution in [2.45, 2.75) is 89.8 Å². The average molecular weight is 267 g/mol. The third kappa shape index (κ3) is 4.20. The number of rotatable bonds is 2. The fraction of sp³-hybridized carbons (Fsp3) is 0.938. The molecule has 0 aromatic rings. The molecule has 1 heterocycles. The predicted molar refractivity (Wildman–Crippen MR) is 77.0 cm³/mol. The van der Waals surface area contributed by atoms with Crippen LogP contribution in [-0.4, -0.2) is 23.2 Å². The van der Waals surface area contributed by atoms with Gasteiger partial charge in [0.2, 0.25) is 0 Å². The van der Waals surface area contributed by atoms with Crippen LogP contribution in [0, 0.1) is 5.92 Å². The first-order valence-corrected chi connectivity index (χ1v) is 7.77. The van der Waals surface area contributed by atoms with Crippen molar-refractivity contribution in [3.05, 3.63) is 0 Å². The predicted octanol–water partition coefficient (Wildman–Crippen LogP) is 3.42. The van der Waals surface area contributed by atoms with Crippen LogP contribution in [0.5, 0.6) is 0 Å². The van der Waals surface area contributed by atoms with Crippen molar-refractivity contribution in [3.8, 4) is 0 Å². The summed E-state index contributed by atoms with van der Waals surface area (Å²) in [5.74, 6) is 0.0859. The van der Waals surface area contributed by atoms with Gasteiger partial charge in [0.05, 0.1) is 5.92 Å². The van der Waals surface area contributed by atoms with Gasteiger partial charge in [0.25, 0.3) is 0 Å². The van der Waals surface area contributed by atoms with Crippen LogP contribution in [0.4, 0.5) is 0 Å². The van der Waals surface area contributed by atoms with Gasteiger partial charge < -0.3 is 10.1 Å². The summed E-state index contributed by atoms with van der Waals surface area (Å²) in [7, 11) is 0. The van der Waals surface area contributed by atoms with Gasteiger partial charge in [0, 0.05) is 11.1 Å². The molecule has 1 saturated heterocycles. The number of carbonyl (C=O) groups excluding carboxylic acids is 1. The third-order valence-corrected chi connectivity index (χ3v) is 4.36. The van der Waals surface area contributed by atoms with E-state index in [9.17, 15) is 4.79 Å². The van der Waals surface area contributed by atoms with Crippen molar-refractivity contribution in [1.29, 1.82) is 0 Å². The number of nitrogens with one attached hydrogen (secondary N) is 1. The number of piperidine rings is 1. The molecule has 1 saturated carbocycles. The summed E-state index contributed by atoms with van der Waals surface area (Å²) < 4.78 is 5.75. The maximum Gasteiger partial charge on any atom is 0.309 e. The zero-order valence-electron chi connectivity index (χ0n) is 12.9. The van der Waals surface area contributed by atoms with Gasteiger partial charge in [-0.25, -0.2) is 0 Å². The van der Waals surface area contributed by atoms with Crippen LogP contribution < -0.4 is 5.32 Å². The van der Waals surface area contributed by atoms with Gasteiger partial charge in [-0.3, -0.25) is 4.79 Å². The Kier molecular flexibility index (Phi) is 4.24. The highest BCUT2D eigenvalue weighted by atomic mass is 16.5. The molecule has 0 atom stereocenters. The lowest BCUT2D eigenvalue weighted by molar-refractivity contribution is -0.158. The molecule has 0 spiro atoms. The number of carbonyl (C=O) groups is 1. The Labute approximate surface area is 117 Å². The average Bonchev–Trinajstić information content (AvgIpc) is 2.26. The SMILES string of the molecule is CC1(C)CC(C(=O)OC2CCCCC2)CC(C)(C)N1. The van der Waals surface area contributed by atoms with E-state index in [4.69, 9.17) is 4.74 Å². The number of hydrogen-bond donors (Lipinski definition) is 1. The Morgan fingerprint density at radius 1 is 1.00 bits per heavy atom. The minimum Gasteiger partial charge on any atom is -0.462 e. The van der Waals surface area contributed by atoms with E-state index in [0.717, 1.165) is 25.7 Å². The molecule has 0 radical (unpaired) electrons. The Morgan fingerprint density at radius 2 is 1.53 bits per heavy atom. The van der Waals surface area contributed by atoms with Crippen LogP contribution in [0.2, 0.25) is 0 Å². The van der Waals surface area contributed by atoms with Gasteiger partial charge in [0.15, 0.2) is 0 Å². The van der Waals surface area contributed by atoms with E-state index >= 15 is 0 Å². The standard InChI is InChI=1S/C16H29NO2/c1-15(2)10-12(11-16(3,4)17-15)14(18)19-13-8-6-5-7-9-13/h12-13,17H,5-11H2,1-4H3. The Bertz CT molecular complexity index is 314. The molecule has 0 amide bonds. The van der Waals surface area contributed by atoms with E-state index in [0.29, 0.717) is 0 Å². The molecule has 3 heteroatoms. The van der Waals surface area contributed by atoms with Crippen molar-refractivity contribution in [2.75, 3.05) is 0 Å². The molecule has 2 rings (SSSR count). The van der Waals surface area contributed by atoms with Crippen molar-refractivity contribution >= 4 is 5.97 Å². The fourth-order valence-electron chi connectivity index (χ4n) is 3.93. The van der Waals surface area contributed by atoms with E-state index in [2.05, 4.69) is 33.0 Å². The molecule has 2 aliphatic rings. The van der Waals surface area contributed by atoms with Crippen LogP contribution in [-0.2, 0) is 9.53 Å². The summed E-state index contributed by atoms with van der Waals surface area (Å²) in [6, 6.07) is 0. The molecule has 2 fully saturated rings. The molecule has 110 valence electrons. The van der Waals surface area contributed by atoms with E-state index < -0.39 is 0 Å². The van der Waals surface area contributed by atoms with Crippen LogP contribution in [0.25, 0.3) is 0 Å². The monoisotopic (exact) mass is 267 g/mol. The van der Waals surface area contributed by atoms with E-state index in [-0.39, 0.29) is 29.1 Å². The van der Waals surface area contributed by atoms with E-state index in [1.54, 1.807) is 0 Å². The van der Waals surface area contributed by atoms with E-state index in [1.165, 1.54) is 19.3 Å². The lowest BCUT2D eigenvalue weighted by Crippen LogP contribution is -2.59. The molecular formula is C16H29NO2. The highest BCUT2D eigenvalue weighted by molar-refractivity contribution is 5.73. The topological polar surface area (TPSA) is 38.3 Å². The van der Waals surface area contributed by atoms with Gasteiger partial charge in [-0.05, 0) is 66.2 Å². The van der Waals surface area contributed by atoms with E-state index in [1.807, 2.05) is 0 Å². The first-order chi connectivity index (χ1) is 8.77. The highest BCUT2D eigenvalue weighted by Crippen LogP contribution is 2.34. The Balaban J connectivity index is 1.94. The van der Waals surface area contributed by atoms with Crippen molar-refractivity contribution in [3.63, 3.8) is 0 Å². The Morgan fingerprint density at radius 3 is 2.05 bits per heavy atom. The molecule has 1 aliphatic heterocycles. The van der Waals surface area contributed by atoms with Crippen LogP contribution in [0.15, 0.2) is 0 Å². The van der Waals surface area contributed by atoms with Gasteiger partial charge >= 0.3 is 5.97 Å². The molecule has 0 aromatic carbocycles. The number of esters is 1. The third-order valence-electron chi connectivity index (χ3n) is 4.36. The van der Waals surface area contributed by atoms with Crippen molar-refractivity contribution in [1.82, 2.24) is 5.32 Å². The largest absolute Gasteiger partial charge is 0.462 e. The molecule has 19 heavy (non-hydrogen) atoms. The number of hydrogen-bond acceptors (Lipinski definition) is 3. The van der Waals surface area contributed by atoms with Crippen molar-refractivity contribution in [2.24, 2.45) is 5.92 Å². The zero-order chi connectivity index (χ0) is 14.1. The fourth-order valence-corrected chi connectivity index (χ4v) is 3.93. The second-order valence-electron chi connectivity index (χ2n) is 7.69. The Hall–Kier alpha value is -0.570. The molecule has 3 nitrogen and oxygen atoms in total. The summed E-state index contributed by atoms with van der Waals surface area (Å²) in [4.78, 5) is 12.4. The molecule has 1 N–H and O–H groups in total. The summed E-state index contributed by atoms with van der Waals surface area (Å²) in [5.41, 5.74) is 0.0238. The molecular weight excluding hydrogens is 238 g/mol. The van der Waals surface area contributed by atoms with Gasteiger partial charge in [-0.2, -0.15) is 0 Å². The molecule has 1 aliphatic carbocycles. The first-order valence-electron chi connectivity index (χ1n) is 7.77. The van der Waals surface area contributed by atoms with Crippen molar-refractivity contribution < 1.29 is 9.53 Å². The minimum atomic E-state index is 0.0119. The zero-order valence-corrected chi connectivity index (χ0v) is 12.9. The summed E-state index contributed by atoms with van der Waals surface area (Å²) in [6.45, 7) is 8.70. The van der Waals surface area contributed by atoms with Gasteiger partial charge in [-0.15, -0.1) is 0 Å². The lowest BCUT2D eigenvalue weighted by Gasteiger charge is -2.45. The molecule has 0 unspecified atom stereocenters. The van der Waals surface area contributed by atoms with Crippen LogP contribution in [0.3, 0.4) is 0 Å². The van der Waals surface area contributed by atoms with Gasteiger partial charge in [0.1, 0.15) is 6.10 Å². The second-order valence-corrected chi connectivity index (χ2v) is 7.69. The maximum absolute atomic E-state index is 12.4. The quantitative estimate of drug-likeness (QED) is 0.779. The summed E-state index contributed by atoms with van der Waals surface area (Å²) >= 11 is 0. The van der Waals surface area contributed by atoms with Crippen LogP contribution >= 0.6 is 0 Å². The minimum absolute atomic E-state index is 0.0119. The molecule has 0 bridgehead atoms. The summed E-state index contributed by atoms with van der Waals surface area (Å²) in [6.07, 6.45) is 7.77. The van der Waals surface area contributed by atoms with Gasteiger partial charge in [-0.1, -0.05) is 6.42 Å². The highest BCUT2D eigenvalue weighted by Gasteiger charge is 2.41. The summed E-state index contributed by atoms with van der Waals surface area (Å²) in [5, 5.41) is 3.61. The van der Waals surface area contributed by atoms with Crippen LogP contribution in [0.1, 0.15) is 72.6 Å².